The summed E-state index contributed by atoms with van der Waals surface area (Å²) in [5.74, 6) is 0. The second-order valence-electron chi connectivity index (χ2n) is 5.91. The highest BCUT2D eigenvalue weighted by molar-refractivity contribution is 4.96. The normalized spacial score (nSPS) is 28.6. The number of rotatable bonds is 5. The highest BCUT2D eigenvalue weighted by Gasteiger charge is 2.25. The molecule has 4 nitrogen and oxygen atoms in total. The lowest BCUT2D eigenvalue weighted by molar-refractivity contribution is 0.196. The number of nitriles is 1. The Morgan fingerprint density at radius 3 is 2.83 bits per heavy atom. The Morgan fingerprint density at radius 1 is 1.39 bits per heavy atom. The van der Waals surface area contributed by atoms with E-state index in [-0.39, 0.29) is 6.04 Å². The third kappa shape index (κ3) is 4.24. The lowest BCUT2D eigenvalue weighted by Crippen LogP contribution is -2.41. The maximum atomic E-state index is 9.16. The van der Waals surface area contributed by atoms with Gasteiger partial charge in [0.25, 0.3) is 0 Å². The lowest BCUT2D eigenvalue weighted by Gasteiger charge is -2.28. The molecule has 1 saturated heterocycles. The van der Waals surface area contributed by atoms with Crippen LogP contribution < -0.4 is 5.32 Å². The highest BCUT2D eigenvalue weighted by Crippen LogP contribution is 2.20. The molecular formula is C14H26N4. The smallest absolute Gasteiger partial charge is 0.0967 e. The first-order chi connectivity index (χ1) is 8.69. The Kier molecular flexibility index (Phi) is 4.99. The Hall–Kier alpha value is -0.630. The molecule has 1 aliphatic heterocycles. The van der Waals surface area contributed by atoms with Gasteiger partial charge in [0.2, 0.25) is 0 Å². The summed E-state index contributed by atoms with van der Waals surface area (Å²) < 4.78 is 0. The van der Waals surface area contributed by atoms with Crippen LogP contribution in [-0.4, -0.2) is 61.2 Å². The number of nitrogens with one attached hydrogen (secondary N) is 1. The third-order valence-electron chi connectivity index (χ3n) is 4.06. The molecule has 1 heterocycles. The molecule has 4 heteroatoms. The fourth-order valence-electron chi connectivity index (χ4n) is 2.77. The van der Waals surface area contributed by atoms with Gasteiger partial charge < -0.3 is 4.90 Å². The Morgan fingerprint density at radius 2 is 2.17 bits per heavy atom. The van der Waals surface area contributed by atoms with E-state index in [4.69, 9.17) is 5.26 Å². The first-order valence-corrected chi connectivity index (χ1v) is 7.27. The minimum atomic E-state index is 0.0469. The second kappa shape index (κ2) is 6.51. The minimum absolute atomic E-state index is 0.0469. The van der Waals surface area contributed by atoms with Crippen LogP contribution in [0.3, 0.4) is 0 Å². The summed E-state index contributed by atoms with van der Waals surface area (Å²) in [6.45, 7) is 6.87. The topological polar surface area (TPSA) is 42.3 Å². The van der Waals surface area contributed by atoms with Crippen molar-refractivity contribution in [2.24, 2.45) is 0 Å². The first-order valence-electron chi connectivity index (χ1n) is 7.27. The third-order valence-corrected chi connectivity index (χ3v) is 4.06. The lowest BCUT2D eigenvalue weighted by atomic mass is 10.2. The van der Waals surface area contributed by atoms with Gasteiger partial charge in [-0.25, -0.2) is 0 Å². The molecule has 0 aromatic carbocycles. The van der Waals surface area contributed by atoms with Gasteiger partial charge in [-0.15, -0.1) is 0 Å². The van der Waals surface area contributed by atoms with Crippen LogP contribution in [0.5, 0.6) is 0 Å². The Bertz CT molecular complexity index is 295. The Labute approximate surface area is 111 Å². The van der Waals surface area contributed by atoms with Crippen LogP contribution >= 0.6 is 0 Å². The zero-order chi connectivity index (χ0) is 13.0. The summed E-state index contributed by atoms with van der Waals surface area (Å²) in [5.41, 5.74) is 0. The Balaban J connectivity index is 1.75. The fraction of sp³-hybridized carbons (Fsp3) is 0.929. The van der Waals surface area contributed by atoms with Gasteiger partial charge in [0.15, 0.2) is 0 Å². The summed E-state index contributed by atoms with van der Waals surface area (Å²) in [5, 5.41) is 12.6. The zero-order valence-corrected chi connectivity index (χ0v) is 11.7. The van der Waals surface area contributed by atoms with Crippen LogP contribution in [0.15, 0.2) is 0 Å². The number of likely N-dealkylation sites (N-methyl/N-ethyl adjacent to an activating group) is 1. The molecule has 1 aliphatic carbocycles. The summed E-state index contributed by atoms with van der Waals surface area (Å²) in [7, 11) is 2.20. The van der Waals surface area contributed by atoms with Gasteiger partial charge in [0.05, 0.1) is 12.1 Å². The van der Waals surface area contributed by atoms with Crippen molar-refractivity contribution in [2.75, 3.05) is 33.2 Å². The molecule has 0 spiro atoms. The molecule has 2 fully saturated rings. The first kappa shape index (κ1) is 13.8. The predicted molar refractivity (Wildman–Crippen MR) is 73.3 cm³/mol. The van der Waals surface area contributed by atoms with E-state index >= 15 is 0 Å². The van der Waals surface area contributed by atoms with Crippen LogP contribution in [0.1, 0.15) is 32.6 Å². The molecule has 0 bridgehead atoms. The molecule has 1 N–H and O–H groups in total. The van der Waals surface area contributed by atoms with E-state index in [1.165, 1.54) is 32.4 Å². The second-order valence-corrected chi connectivity index (χ2v) is 5.91. The molecule has 0 radical (unpaired) electrons. The summed E-state index contributed by atoms with van der Waals surface area (Å²) in [6.07, 6.45) is 4.71. The van der Waals surface area contributed by atoms with Gasteiger partial charge in [-0.3, -0.25) is 10.2 Å². The van der Waals surface area contributed by atoms with Crippen molar-refractivity contribution in [1.29, 1.82) is 5.26 Å². The van der Waals surface area contributed by atoms with E-state index < -0.39 is 0 Å². The SMILES string of the molecule is CC1CN(C)CCCN1CCC(C#N)NC1CC1. The van der Waals surface area contributed by atoms with Crippen LogP contribution in [0.25, 0.3) is 0 Å². The van der Waals surface area contributed by atoms with E-state index in [1.54, 1.807) is 0 Å². The quantitative estimate of drug-likeness (QED) is 0.792. The van der Waals surface area contributed by atoms with E-state index in [0.717, 1.165) is 19.5 Å². The molecule has 2 aliphatic rings. The van der Waals surface area contributed by atoms with Crippen LogP contribution in [0, 0.1) is 11.3 Å². The summed E-state index contributed by atoms with van der Waals surface area (Å²) >= 11 is 0. The van der Waals surface area contributed by atoms with Crippen molar-refractivity contribution in [3.8, 4) is 6.07 Å². The van der Waals surface area contributed by atoms with Crippen molar-refractivity contribution in [2.45, 2.75) is 50.7 Å². The molecule has 2 unspecified atom stereocenters. The maximum Gasteiger partial charge on any atom is 0.0967 e. The van der Waals surface area contributed by atoms with Gasteiger partial charge >= 0.3 is 0 Å². The largest absolute Gasteiger partial charge is 0.305 e. The average Bonchev–Trinajstić information content (AvgIpc) is 3.15. The fourth-order valence-corrected chi connectivity index (χ4v) is 2.77. The van der Waals surface area contributed by atoms with Crippen molar-refractivity contribution in [1.82, 2.24) is 15.1 Å². The van der Waals surface area contributed by atoms with Gasteiger partial charge in [0, 0.05) is 25.2 Å². The molecule has 2 atom stereocenters. The summed E-state index contributed by atoms with van der Waals surface area (Å²) in [4.78, 5) is 4.96. The van der Waals surface area contributed by atoms with Gasteiger partial charge in [-0.1, -0.05) is 0 Å². The van der Waals surface area contributed by atoms with E-state index in [2.05, 4.69) is 35.2 Å². The molecule has 0 aromatic rings. The van der Waals surface area contributed by atoms with Crippen molar-refractivity contribution in [3.05, 3.63) is 0 Å². The number of hydrogen-bond donors (Lipinski definition) is 1. The van der Waals surface area contributed by atoms with E-state index in [0.29, 0.717) is 12.1 Å². The summed E-state index contributed by atoms with van der Waals surface area (Å²) in [6, 6.07) is 3.69. The molecule has 102 valence electrons. The monoisotopic (exact) mass is 250 g/mol. The number of hydrogen-bond acceptors (Lipinski definition) is 4. The zero-order valence-electron chi connectivity index (χ0n) is 11.7. The average molecular weight is 250 g/mol. The molecule has 0 amide bonds. The van der Waals surface area contributed by atoms with Crippen molar-refractivity contribution in [3.63, 3.8) is 0 Å². The molecular weight excluding hydrogens is 224 g/mol. The van der Waals surface area contributed by atoms with Crippen LogP contribution in [0.2, 0.25) is 0 Å². The maximum absolute atomic E-state index is 9.16. The van der Waals surface area contributed by atoms with Crippen LogP contribution in [0.4, 0.5) is 0 Å². The minimum Gasteiger partial charge on any atom is -0.305 e. The molecule has 18 heavy (non-hydrogen) atoms. The van der Waals surface area contributed by atoms with Crippen molar-refractivity contribution < 1.29 is 0 Å². The van der Waals surface area contributed by atoms with Crippen molar-refractivity contribution >= 4 is 0 Å². The van der Waals surface area contributed by atoms with Gasteiger partial charge in [0.1, 0.15) is 0 Å². The number of nitrogens with zero attached hydrogens (tertiary/aromatic N) is 3. The molecule has 1 saturated carbocycles. The highest BCUT2D eigenvalue weighted by atomic mass is 15.2. The molecule has 2 rings (SSSR count). The predicted octanol–water partition coefficient (Wildman–Crippen LogP) is 1.05. The molecule has 0 aromatic heterocycles. The standard InChI is InChI=1S/C14H26N4/c1-12-11-17(2)7-3-8-18(12)9-6-14(10-15)16-13-4-5-13/h12-14,16H,3-9,11H2,1-2H3. The van der Waals surface area contributed by atoms with E-state index in [9.17, 15) is 0 Å². The van der Waals surface area contributed by atoms with Gasteiger partial charge in [-0.05, 0) is 52.7 Å². The van der Waals surface area contributed by atoms with E-state index in [1.807, 2.05) is 0 Å². The van der Waals surface area contributed by atoms with Gasteiger partial charge in [-0.2, -0.15) is 5.26 Å². The van der Waals surface area contributed by atoms with Crippen LogP contribution in [-0.2, 0) is 0 Å².